The van der Waals surface area contributed by atoms with Crippen LogP contribution in [0.25, 0.3) is 0 Å². The monoisotopic (exact) mass is 237 g/mol. The van der Waals surface area contributed by atoms with Crippen LogP contribution in [0.4, 0.5) is 0 Å². The standard InChI is InChI=1S/C13H19NOS/c1-2-10-3-5-11(6-4-10)13(14)12-9-16-8-7-15-12/h3-6,12-13H,2,7-9,14H2,1H3. The van der Waals surface area contributed by atoms with E-state index in [1.807, 2.05) is 11.8 Å². The second-order valence-electron chi connectivity index (χ2n) is 4.11. The van der Waals surface area contributed by atoms with E-state index in [4.69, 9.17) is 10.5 Å². The van der Waals surface area contributed by atoms with Crippen LogP contribution in [0.1, 0.15) is 24.1 Å². The fourth-order valence-corrected chi connectivity index (χ4v) is 2.82. The molecule has 1 aliphatic rings. The van der Waals surface area contributed by atoms with Gasteiger partial charge in [-0.2, -0.15) is 11.8 Å². The van der Waals surface area contributed by atoms with Crippen molar-refractivity contribution in [1.82, 2.24) is 0 Å². The van der Waals surface area contributed by atoms with Gasteiger partial charge in [0, 0.05) is 11.5 Å². The highest BCUT2D eigenvalue weighted by Crippen LogP contribution is 2.23. The molecule has 0 bridgehead atoms. The molecule has 1 fully saturated rings. The van der Waals surface area contributed by atoms with Gasteiger partial charge < -0.3 is 10.5 Å². The Bertz CT molecular complexity index is 319. The normalized spacial score (nSPS) is 23.0. The highest BCUT2D eigenvalue weighted by Gasteiger charge is 2.22. The second-order valence-corrected chi connectivity index (χ2v) is 5.25. The molecule has 2 atom stereocenters. The number of nitrogens with two attached hydrogens (primary N) is 1. The molecule has 1 heterocycles. The average molecular weight is 237 g/mol. The van der Waals surface area contributed by atoms with Crippen molar-refractivity contribution in [1.29, 1.82) is 0 Å². The van der Waals surface area contributed by atoms with E-state index < -0.39 is 0 Å². The molecule has 1 aromatic carbocycles. The molecule has 1 saturated heterocycles. The Balaban J connectivity index is 2.04. The SMILES string of the molecule is CCc1ccc(C(N)C2CSCCO2)cc1. The van der Waals surface area contributed by atoms with E-state index >= 15 is 0 Å². The van der Waals surface area contributed by atoms with Gasteiger partial charge in [-0.1, -0.05) is 31.2 Å². The molecular formula is C13H19NOS. The van der Waals surface area contributed by atoms with Crippen molar-refractivity contribution in [2.24, 2.45) is 5.73 Å². The van der Waals surface area contributed by atoms with Crippen molar-refractivity contribution >= 4 is 11.8 Å². The van der Waals surface area contributed by atoms with Gasteiger partial charge in [0.1, 0.15) is 0 Å². The molecule has 0 saturated carbocycles. The lowest BCUT2D eigenvalue weighted by molar-refractivity contribution is 0.0569. The third-order valence-corrected chi connectivity index (χ3v) is 4.03. The summed E-state index contributed by atoms with van der Waals surface area (Å²) in [4.78, 5) is 0. The van der Waals surface area contributed by atoms with Crippen molar-refractivity contribution < 1.29 is 4.74 Å². The molecule has 88 valence electrons. The van der Waals surface area contributed by atoms with Crippen LogP contribution in [0, 0.1) is 0 Å². The maximum absolute atomic E-state index is 6.22. The average Bonchev–Trinajstić information content (AvgIpc) is 2.39. The van der Waals surface area contributed by atoms with Crippen LogP contribution in [0.3, 0.4) is 0 Å². The van der Waals surface area contributed by atoms with Gasteiger partial charge in [-0.05, 0) is 17.5 Å². The van der Waals surface area contributed by atoms with Crippen molar-refractivity contribution in [2.75, 3.05) is 18.1 Å². The molecule has 2 rings (SSSR count). The Morgan fingerprint density at radius 3 is 2.75 bits per heavy atom. The topological polar surface area (TPSA) is 35.2 Å². The molecule has 2 nitrogen and oxygen atoms in total. The summed E-state index contributed by atoms with van der Waals surface area (Å²) in [5.41, 5.74) is 8.76. The van der Waals surface area contributed by atoms with Crippen LogP contribution in [0.15, 0.2) is 24.3 Å². The number of hydrogen-bond acceptors (Lipinski definition) is 3. The number of benzene rings is 1. The minimum absolute atomic E-state index is 0.0127. The third kappa shape index (κ3) is 2.78. The molecule has 1 aliphatic heterocycles. The van der Waals surface area contributed by atoms with Crippen LogP contribution in [0.2, 0.25) is 0 Å². The minimum atomic E-state index is 0.0127. The van der Waals surface area contributed by atoms with Crippen LogP contribution in [-0.4, -0.2) is 24.2 Å². The molecule has 0 aliphatic carbocycles. The predicted octanol–water partition coefficient (Wildman–Crippen LogP) is 2.38. The van der Waals surface area contributed by atoms with E-state index in [1.165, 1.54) is 11.1 Å². The van der Waals surface area contributed by atoms with E-state index in [-0.39, 0.29) is 12.1 Å². The molecule has 16 heavy (non-hydrogen) atoms. The lowest BCUT2D eigenvalue weighted by Gasteiger charge is -2.27. The van der Waals surface area contributed by atoms with Crippen LogP contribution in [-0.2, 0) is 11.2 Å². The molecule has 2 unspecified atom stereocenters. The summed E-state index contributed by atoms with van der Waals surface area (Å²) in [5, 5.41) is 0. The van der Waals surface area contributed by atoms with Crippen molar-refractivity contribution in [3.05, 3.63) is 35.4 Å². The number of rotatable bonds is 3. The molecule has 0 amide bonds. The Hall–Kier alpha value is -0.510. The number of aryl methyl sites for hydroxylation is 1. The first-order valence-electron chi connectivity index (χ1n) is 5.85. The lowest BCUT2D eigenvalue weighted by Crippen LogP contribution is -2.34. The zero-order chi connectivity index (χ0) is 11.4. The van der Waals surface area contributed by atoms with E-state index in [9.17, 15) is 0 Å². The molecule has 1 aromatic rings. The maximum atomic E-state index is 6.22. The number of ether oxygens (including phenoxy) is 1. The van der Waals surface area contributed by atoms with Gasteiger partial charge >= 0.3 is 0 Å². The Kier molecular flexibility index (Phi) is 4.27. The highest BCUT2D eigenvalue weighted by atomic mass is 32.2. The van der Waals surface area contributed by atoms with E-state index in [2.05, 4.69) is 31.2 Å². The van der Waals surface area contributed by atoms with Gasteiger partial charge in [0.2, 0.25) is 0 Å². The van der Waals surface area contributed by atoms with Crippen molar-refractivity contribution in [2.45, 2.75) is 25.5 Å². The molecular weight excluding hydrogens is 218 g/mol. The third-order valence-electron chi connectivity index (χ3n) is 3.02. The minimum Gasteiger partial charge on any atom is -0.375 e. The summed E-state index contributed by atoms with van der Waals surface area (Å²) in [7, 11) is 0. The van der Waals surface area contributed by atoms with Gasteiger partial charge in [0.05, 0.1) is 18.8 Å². The molecule has 0 radical (unpaired) electrons. The fourth-order valence-electron chi connectivity index (χ4n) is 1.90. The fraction of sp³-hybridized carbons (Fsp3) is 0.538. The summed E-state index contributed by atoms with van der Waals surface area (Å²) in [6.07, 6.45) is 1.25. The summed E-state index contributed by atoms with van der Waals surface area (Å²) in [5.74, 6) is 2.11. The summed E-state index contributed by atoms with van der Waals surface area (Å²) < 4.78 is 5.70. The second kappa shape index (κ2) is 5.71. The molecule has 2 N–H and O–H groups in total. The van der Waals surface area contributed by atoms with Crippen LogP contribution < -0.4 is 5.73 Å². The zero-order valence-electron chi connectivity index (χ0n) is 9.69. The maximum Gasteiger partial charge on any atom is 0.0858 e. The van der Waals surface area contributed by atoms with E-state index in [0.29, 0.717) is 0 Å². The first kappa shape index (κ1) is 12.0. The summed E-state index contributed by atoms with van der Waals surface area (Å²) in [6, 6.07) is 8.59. The van der Waals surface area contributed by atoms with Gasteiger partial charge in [0.15, 0.2) is 0 Å². The molecule has 0 spiro atoms. The predicted molar refractivity (Wildman–Crippen MR) is 69.8 cm³/mol. The van der Waals surface area contributed by atoms with Crippen LogP contribution >= 0.6 is 11.8 Å². The smallest absolute Gasteiger partial charge is 0.0858 e. The Labute approximate surface area is 102 Å². The quantitative estimate of drug-likeness (QED) is 0.876. The van der Waals surface area contributed by atoms with Crippen molar-refractivity contribution in [3.8, 4) is 0 Å². The van der Waals surface area contributed by atoms with Gasteiger partial charge in [0.25, 0.3) is 0 Å². The van der Waals surface area contributed by atoms with E-state index in [0.717, 1.165) is 24.5 Å². The summed E-state index contributed by atoms with van der Waals surface area (Å²) in [6.45, 7) is 2.99. The number of thioether (sulfide) groups is 1. The van der Waals surface area contributed by atoms with E-state index in [1.54, 1.807) is 0 Å². The molecule has 0 aromatic heterocycles. The first-order valence-corrected chi connectivity index (χ1v) is 7.00. The summed E-state index contributed by atoms with van der Waals surface area (Å²) >= 11 is 1.93. The zero-order valence-corrected chi connectivity index (χ0v) is 10.5. The Morgan fingerprint density at radius 1 is 1.44 bits per heavy atom. The number of hydrogen-bond donors (Lipinski definition) is 1. The Morgan fingerprint density at radius 2 is 2.19 bits per heavy atom. The van der Waals surface area contributed by atoms with Gasteiger partial charge in [-0.25, -0.2) is 0 Å². The van der Waals surface area contributed by atoms with Crippen LogP contribution in [0.5, 0.6) is 0 Å². The van der Waals surface area contributed by atoms with Crippen molar-refractivity contribution in [3.63, 3.8) is 0 Å². The van der Waals surface area contributed by atoms with Gasteiger partial charge in [-0.15, -0.1) is 0 Å². The molecule has 3 heteroatoms. The lowest BCUT2D eigenvalue weighted by atomic mass is 10.0. The first-order chi connectivity index (χ1) is 7.81. The van der Waals surface area contributed by atoms with Gasteiger partial charge in [-0.3, -0.25) is 0 Å². The largest absolute Gasteiger partial charge is 0.375 e. The highest BCUT2D eigenvalue weighted by molar-refractivity contribution is 7.99.